The van der Waals surface area contributed by atoms with E-state index in [0.29, 0.717) is 5.92 Å². The number of nitrogens with zero attached hydrogens (tertiary/aromatic N) is 2. The first-order valence-corrected chi connectivity index (χ1v) is 7.64. The minimum absolute atomic E-state index is 0.422. The lowest BCUT2D eigenvalue weighted by Crippen LogP contribution is -2.43. The van der Waals surface area contributed by atoms with Crippen molar-refractivity contribution in [3.8, 4) is 6.07 Å². The molecule has 2 aliphatic carbocycles. The van der Waals surface area contributed by atoms with Crippen molar-refractivity contribution in [2.75, 3.05) is 13.1 Å². The molecule has 0 bridgehead atoms. The van der Waals surface area contributed by atoms with Gasteiger partial charge in [0.25, 0.3) is 0 Å². The Bertz CT molecular complexity index is 305. The summed E-state index contributed by atoms with van der Waals surface area (Å²) in [4.78, 5) is 2.64. The second-order valence-electron chi connectivity index (χ2n) is 6.15. The molecule has 2 rings (SSSR count). The molecule has 0 heterocycles. The maximum absolute atomic E-state index is 9.24. The van der Waals surface area contributed by atoms with Gasteiger partial charge < -0.3 is 10.6 Å². The molecule has 0 aromatic carbocycles. The van der Waals surface area contributed by atoms with Gasteiger partial charge in [0.2, 0.25) is 0 Å². The highest BCUT2D eigenvalue weighted by Crippen LogP contribution is 2.36. The number of rotatable bonds is 7. The normalized spacial score (nSPS) is 31.8. The largest absolute Gasteiger partial charge is 0.313 e. The van der Waals surface area contributed by atoms with Crippen molar-refractivity contribution in [1.29, 1.82) is 5.26 Å². The number of hydrogen-bond acceptors (Lipinski definition) is 3. The van der Waals surface area contributed by atoms with Gasteiger partial charge in [-0.1, -0.05) is 19.8 Å². The fourth-order valence-corrected chi connectivity index (χ4v) is 3.25. The van der Waals surface area contributed by atoms with Crippen LogP contribution in [0.3, 0.4) is 0 Å². The van der Waals surface area contributed by atoms with Crippen molar-refractivity contribution in [3.05, 3.63) is 0 Å². The van der Waals surface area contributed by atoms with Gasteiger partial charge in [0.1, 0.15) is 5.54 Å². The molecule has 3 heteroatoms. The molecule has 0 amide bonds. The summed E-state index contributed by atoms with van der Waals surface area (Å²) in [5, 5.41) is 9.24. The predicted octanol–water partition coefficient (Wildman–Crippen LogP) is 2.66. The second kappa shape index (κ2) is 6.04. The maximum Gasteiger partial charge on any atom is 0.107 e. The van der Waals surface area contributed by atoms with E-state index >= 15 is 0 Å². The molecule has 2 N–H and O–H groups in total. The van der Waals surface area contributed by atoms with Crippen molar-refractivity contribution in [2.24, 2.45) is 11.7 Å². The highest BCUT2D eigenvalue weighted by atomic mass is 15.2. The van der Waals surface area contributed by atoms with Crippen LogP contribution < -0.4 is 5.73 Å². The van der Waals surface area contributed by atoms with Crippen LogP contribution in [-0.4, -0.2) is 29.6 Å². The minimum Gasteiger partial charge on any atom is -0.313 e. The topological polar surface area (TPSA) is 53.0 Å². The van der Waals surface area contributed by atoms with Gasteiger partial charge in [-0.15, -0.1) is 0 Å². The number of nitrogens with two attached hydrogens (primary N) is 1. The Hall–Kier alpha value is -0.590. The average Bonchev–Trinajstić information content (AvgIpc) is 3.15. The quantitative estimate of drug-likeness (QED) is 0.754. The third-order valence-corrected chi connectivity index (χ3v) is 4.71. The van der Waals surface area contributed by atoms with Crippen molar-refractivity contribution in [3.63, 3.8) is 0 Å². The van der Waals surface area contributed by atoms with Crippen LogP contribution in [0.15, 0.2) is 0 Å². The molecule has 3 nitrogen and oxygen atoms in total. The molecule has 2 unspecified atom stereocenters. The van der Waals surface area contributed by atoms with Crippen LogP contribution in [-0.2, 0) is 0 Å². The van der Waals surface area contributed by atoms with E-state index < -0.39 is 5.54 Å². The lowest BCUT2D eigenvalue weighted by Gasteiger charge is -2.28. The monoisotopic (exact) mass is 249 g/mol. The minimum atomic E-state index is -0.528. The Labute approximate surface area is 111 Å². The van der Waals surface area contributed by atoms with E-state index in [1.807, 2.05) is 0 Å². The lowest BCUT2D eigenvalue weighted by atomic mass is 9.87. The van der Waals surface area contributed by atoms with Crippen molar-refractivity contribution < 1.29 is 0 Å². The van der Waals surface area contributed by atoms with Crippen molar-refractivity contribution in [2.45, 2.75) is 69.9 Å². The first kappa shape index (κ1) is 13.8. The summed E-state index contributed by atoms with van der Waals surface area (Å²) in [6.45, 7) is 4.64. The van der Waals surface area contributed by atoms with Crippen molar-refractivity contribution in [1.82, 2.24) is 4.90 Å². The van der Waals surface area contributed by atoms with Crippen LogP contribution >= 0.6 is 0 Å². The molecule has 0 radical (unpaired) electrons. The van der Waals surface area contributed by atoms with Gasteiger partial charge in [0.15, 0.2) is 0 Å². The maximum atomic E-state index is 9.24. The van der Waals surface area contributed by atoms with Crippen LogP contribution in [0.4, 0.5) is 0 Å². The summed E-state index contributed by atoms with van der Waals surface area (Å²) in [5.74, 6) is 0.422. The van der Waals surface area contributed by atoms with Gasteiger partial charge in [0, 0.05) is 6.04 Å². The summed E-state index contributed by atoms with van der Waals surface area (Å²) in [5.41, 5.74) is 5.67. The highest BCUT2D eigenvalue weighted by molar-refractivity contribution is 5.12. The predicted molar refractivity (Wildman–Crippen MR) is 74.0 cm³/mol. The first-order chi connectivity index (χ1) is 8.69. The smallest absolute Gasteiger partial charge is 0.107 e. The molecule has 2 atom stereocenters. The molecule has 102 valence electrons. The van der Waals surface area contributed by atoms with Crippen molar-refractivity contribution >= 4 is 0 Å². The number of unbranched alkanes of at least 4 members (excludes halogenated alkanes) is 1. The van der Waals surface area contributed by atoms with E-state index in [1.54, 1.807) is 0 Å². The standard InChI is InChI=1S/C15H27N3/c1-2-3-10-18(14-6-7-14)11-8-13-5-4-9-15(13,17)12-16/h13-14H,2-11,17H2,1H3. The van der Waals surface area contributed by atoms with E-state index in [4.69, 9.17) is 5.73 Å². The molecule has 0 saturated heterocycles. The zero-order chi connectivity index (χ0) is 13.0. The summed E-state index contributed by atoms with van der Waals surface area (Å²) in [6.07, 6.45) is 9.61. The summed E-state index contributed by atoms with van der Waals surface area (Å²) < 4.78 is 0. The van der Waals surface area contributed by atoms with Gasteiger partial charge in [-0.3, -0.25) is 0 Å². The van der Waals surface area contributed by atoms with E-state index in [9.17, 15) is 5.26 Å². The third-order valence-electron chi connectivity index (χ3n) is 4.71. The lowest BCUT2D eigenvalue weighted by molar-refractivity contribution is 0.225. The number of nitriles is 1. The Kier molecular flexibility index (Phi) is 4.64. The Morgan fingerprint density at radius 2 is 2.11 bits per heavy atom. The van der Waals surface area contributed by atoms with E-state index in [0.717, 1.165) is 38.3 Å². The van der Waals surface area contributed by atoms with Crippen LogP contribution in [0.5, 0.6) is 0 Å². The first-order valence-electron chi connectivity index (χ1n) is 7.64. The van der Waals surface area contributed by atoms with Crippen LogP contribution in [0, 0.1) is 17.2 Å². The Balaban J connectivity index is 1.80. The third kappa shape index (κ3) is 3.24. The molecule has 0 aromatic rings. The second-order valence-corrected chi connectivity index (χ2v) is 6.15. The molecule has 18 heavy (non-hydrogen) atoms. The SMILES string of the molecule is CCCCN(CCC1CCCC1(N)C#N)C1CC1. The molecule has 0 spiro atoms. The zero-order valence-electron chi connectivity index (χ0n) is 11.7. The van der Waals surface area contributed by atoms with Crippen LogP contribution in [0.1, 0.15) is 58.3 Å². The number of hydrogen-bond donors (Lipinski definition) is 1. The Morgan fingerprint density at radius 1 is 1.33 bits per heavy atom. The van der Waals surface area contributed by atoms with Gasteiger partial charge in [-0.2, -0.15) is 5.26 Å². The molecule has 2 fully saturated rings. The van der Waals surface area contributed by atoms with Crippen LogP contribution in [0.25, 0.3) is 0 Å². The molecule has 2 aliphatic rings. The van der Waals surface area contributed by atoms with E-state index in [1.165, 1.54) is 32.2 Å². The fourth-order valence-electron chi connectivity index (χ4n) is 3.25. The van der Waals surface area contributed by atoms with Gasteiger partial charge in [-0.25, -0.2) is 0 Å². The Morgan fingerprint density at radius 3 is 2.72 bits per heavy atom. The fraction of sp³-hybridized carbons (Fsp3) is 0.933. The van der Waals surface area contributed by atoms with Gasteiger partial charge in [0.05, 0.1) is 6.07 Å². The summed E-state index contributed by atoms with van der Waals surface area (Å²) in [7, 11) is 0. The van der Waals surface area contributed by atoms with E-state index in [-0.39, 0.29) is 0 Å². The summed E-state index contributed by atoms with van der Waals surface area (Å²) in [6, 6.07) is 3.20. The molecule has 0 aromatic heterocycles. The molecule has 0 aliphatic heterocycles. The zero-order valence-corrected chi connectivity index (χ0v) is 11.7. The molecule has 2 saturated carbocycles. The summed E-state index contributed by atoms with van der Waals surface area (Å²) >= 11 is 0. The van der Waals surface area contributed by atoms with Crippen LogP contribution in [0.2, 0.25) is 0 Å². The van der Waals surface area contributed by atoms with E-state index in [2.05, 4.69) is 17.9 Å². The molecular weight excluding hydrogens is 222 g/mol. The average molecular weight is 249 g/mol. The highest BCUT2D eigenvalue weighted by Gasteiger charge is 2.40. The molecular formula is C15H27N3. The van der Waals surface area contributed by atoms with Gasteiger partial charge >= 0.3 is 0 Å². The van der Waals surface area contributed by atoms with Gasteiger partial charge in [-0.05, 0) is 57.5 Å².